The second-order valence-electron chi connectivity index (χ2n) is 9.54. The summed E-state index contributed by atoms with van der Waals surface area (Å²) in [5, 5.41) is 14.8. The van der Waals surface area contributed by atoms with Crippen LogP contribution in [0.5, 0.6) is 0 Å². The molecule has 2 aromatic rings. The minimum Gasteiger partial charge on any atom is -0.390 e. The molecule has 0 bridgehead atoms. The minimum atomic E-state index is -0.863. The Morgan fingerprint density at radius 1 is 1.13 bits per heavy atom. The van der Waals surface area contributed by atoms with E-state index in [1.54, 1.807) is 12.4 Å². The summed E-state index contributed by atoms with van der Waals surface area (Å²) in [5.74, 6) is 1.13. The third-order valence-electron chi connectivity index (χ3n) is 5.82. The summed E-state index contributed by atoms with van der Waals surface area (Å²) in [4.78, 5) is 19.4. The quantitative estimate of drug-likeness (QED) is 0.735. The molecule has 1 unspecified atom stereocenters. The Morgan fingerprint density at radius 3 is 2.37 bits per heavy atom. The molecule has 30 heavy (non-hydrogen) atoms. The van der Waals surface area contributed by atoms with E-state index in [9.17, 15) is 9.90 Å². The van der Waals surface area contributed by atoms with Crippen LogP contribution in [0, 0.1) is 17.3 Å². The Bertz CT molecular complexity index is 817. The van der Waals surface area contributed by atoms with Gasteiger partial charge < -0.3 is 10.0 Å². The SMILES string of the molecule is CC(C)C1N[C@@H]([C@H](O)[C](Cc2ccccc2)C(C)(C)C)C(=O)N1Cc1cccnc1. The van der Waals surface area contributed by atoms with Crippen LogP contribution in [0.25, 0.3) is 0 Å². The highest BCUT2D eigenvalue weighted by molar-refractivity contribution is 5.85. The van der Waals surface area contributed by atoms with E-state index in [1.165, 1.54) is 0 Å². The van der Waals surface area contributed by atoms with E-state index < -0.39 is 12.1 Å². The molecule has 1 aromatic heterocycles. The number of nitrogens with zero attached hydrogens (tertiary/aromatic N) is 2. The van der Waals surface area contributed by atoms with Crippen molar-refractivity contribution in [1.82, 2.24) is 15.2 Å². The van der Waals surface area contributed by atoms with Crippen molar-refractivity contribution >= 4 is 5.91 Å². The Morgan fingerprint density at radius 2 is 1.80 bits per heavy atom. The van der Waals surface area contributed by atoms with Gasteiger partial charge in [-0.25, -0.2) is 0 Å². The zero-order chi connectivity index (χ0) is 21.9. The Kier molecular flexibility index (Phi) is 6.94. The van der Waals surface area contributed by atoms with Crippen molar-refractivity contribution < 1.29 is 9.90 Å². The van der Waals surface area contributed by atoms with E-state index in [0.29, 0.717) is 13.0 Å². The van der Waals surface area contributed by atoms with Crippen LogP contribution in [-0.4, -0.2) is 39.2 Å². The molecular weight excluding hydrogens is 374 g/mol. The molecule has 3 atom stereocenters. The predicted molar refractivity (Wildman–Crippen MR) is 119 cm³/mol. The molecule has 1 aliphatic rings. The van der Waals surface area contributed by atoms with Gasteiger partial charge in [-0.2, -0.15) is 0 Å². The molecule has 1 radical (unpaired) electrons. The number of amides is 1. The van der Waals surface area contributed by atoms with E-state index in [0.717, 1.165) is 17.0 Å². The van der Waals surface area contributed by atoms with Gasteiger partial charge in [0, 0.05) is 24.9 Å². The highest BCUT2D eigenvalue weighted by Gasteiger charge is 2.47. The van der Waals surface area contributed by atoms with Crippen LogP contribution in [0.1, 0.15) is 45.7 Å². The maximum atomic E-state index is 13.4. The van der Waals surface area contributed by atoms with E-state index in [2.05, 4.69) is 57.1 Å². The fourth-order valence-corrected chi connectivity index (χ4v) is 4.13. The molecule has 5 heteroatoms. The average Bonchev–Trinajstić information content (AvgIpc) is 3.03. The van der Waals surface area contributed by atoms with E-state index in [-0.39, 0.29) is 23.4 Å². The summed E-state index contributed by atoms with van der Waals surface area (Å²) in [6, 6.07) is 13.3. The van der Waals surface area contributed by atoms with Crippen LogP contribution in [0.2, 0.25) is 0 Å². The number of hydrogen-bond acceptors (Lipinski definition) is 4. The molecule has 1 amide bonds. The van der Waals surface area contributed by atoms with Crippen molar-refractivity contribution in [3.8, 4) is 0 Å². The number of carbonyl (C=O) groups excluding carboxylic acids is 1. The van der Waals surface area contributed by atoms with Gasteiger partial charge in [0.1, 0.15) is 6.04 Å². The van der Waals surface area contributed by atoms with E-state index >= 15 is 0 Å². The van der Waals surface area contributed by atoms with Gasteiger partial charge in [0.25, 0.3) is 0 Å². The lowest BCUT2D eigenvalue weighted by Crippen LogP contribution is -2.49. The second-order valence-corrected chi connectivity index (χ2v) is 9.54. The van der Waals surface area contributed by atoms with Gasteiger partial charge in [0.2, 0.25) is 5.91 Å². The highest BCUT2D eigenvalue weighted by Crippen LogP contribution is 2.37. The standard InChI is InChI=1S/C25H34N3O2/c1-17(2)23-27-21(24(30)28(23)16-19-12-9-13-26-15-19)22(29)20(25(3,4)5)14-18-10-7-6-8-11-18/h6-13,15,17,21-23,27,29H,14,16H2,1-5H3/t21-,22+,23?/m0/s1. The molecule has 0 aliphatic carbocycles. The van der Waals surface area contributed by atoms with Crippen LogP contribution >= 0.6 is 0 Å². The predicted octanol–water partition coefficient (Wildman–Crippen LogP) is 3.59. The summed E-state index contributed by atoms with van der Waals surface area (Å²) >= 11 is 0. The van der Waals surface area contributed by atoms with Gasteiger partial charge in [0.05, 0.1) is 12.3 Å². The topological polar surface area (TPSA) is 65.5 Å². The molecule has 0 spiro atoms. The minimum absolute atomic E-state index is 0.0557. The van der Waals surface area contributed by atoms with Gasteiger partial charge in [-0.3, -0.25) is 15.1 Å². The van der Waals surface area contributed by atoms with Gasteiger partial charge in [-0.05, 0) is 34.9 Å². The number of nitrogens with one attached hydrogen (secondary N) is 1. The zero-order valence-corrected chi connectivity index (χ0v) is 18.7. The summed E-state index contributed by atoms with van der Waals surface area (Å²) in [6.45, 7) is 11.0. The van der Waals surface area contributed by atoms with Gasteiger partial charge in [-0.1, -0.05) is 71.0 Å². The van der Waals surface area contributed by atoms with Gasteiger partial charge in [-0.15, -0.1) is 0 Å². The Balaban J connectivity index is 1.84. The molecule has 161 valence electrons. The number of carbonyl (C=O) groups is 1. The lowest BCUT2D eigenvalue weighted by Gasteiger charge is -2.36. The first-order valence-electron chi connectivity index (χ1n) is 10.7. The van der Waals surface area contributed by atoms with Crippen LogP contribution in [0.4, 0.5) is 0 Å². The first-order valence-corrected chi connectivity index (χ1v) is 10.7. The van der Waals surface area contributed by atoms with Crippen molar-refractivity contribution in [3.63, 3.8) is 0 Å². The lowest BCUT2D eigenvalue weighted by molar-refractivity contribution is -0.133. The number of rotatable bonds is 7. The molecule has 0 saturated carbocycles. The van der Waals surface area contributed by atoms with Crippen molar-refractivity contribution in [2.75, 3.05) is 0 Å². The Labute approximate surface area is 180 Å². The molecule has 1 aliphatic heterocycles. The molecule has 1 saturated heterocycles. The Hall–Kier alpha value is -2.24. The van der Waals surface area contributed by atoms with Crippen molar-refractivity contribution in [3.05, 3.63) is 71.9 Å². The molecule has 5 nitrogen and oxygen atoms in total. The third-order valence-corrected chi connectivity index (χ3v) is 5.82. The second kappa shape index (κ2) is 9.27. The van der Waals surface area contributed by atoms with Crippen molar-refractivity contribution in [2.45, 2.75) is 65.9 Å². The maximum Gasteiger partial charge on any atom is 0.244 e. The summed E-state index contributed by atoms with van der Waals surface area (Å²) in [7, 11) is 0. The van der Waals surface area contributed by atoms with E-state index in [4.69, 9.17) is 0 Å². The first kappa shape index (κ1) is 22.4. The number of aliphatic hydroxyl groups is 1. The molecule has 2 heterocycles. The normalized spacial score (nSPS) is 20.9. The van der Waals surface area contributed by atoms with Crippen LogP contribution < -0.4 is 5.32 Å². The van der Waals surface area contributed by atoms with Crippen LogP contribution in [-0.2, 0) is 17.8 Å². The monoisotopic (exact) mass is 408 g/mol. The van der Waals surface area contributed by atoms with Gasteiger partial charge in [0.15, 0.2) is 0 Å². The number of hydrogen-bond donors (Lipinski definition) is 2. The summed E-state index contributed by atoms with van der Waals surface area (Å²) in [5.41, 5.74) is 1.89. The molecular formula is C25H34N3O2. The van der Waals surface area contributed by atoms with Crippen LogP contribution in [0.15, 0.2) is 54.9 Å². The average molecular weight is 409 g/mol. The summed E-state index contributed by atoms with van der Waals surface area (Å²) in [6.07, 6.45) is 3.17. The highest BCUT2D eigenvalue weighted by atomic mass is 16.3. The fraction of sp³-hybridized carbons (Fsp3) is 0.480. The molecule has 3 rings (SSSR count). The third kappa shape index (κ3) is 5.08. The fourth-order valence-electron chi connectivity index (χ4n) is 4.13. The number of benzene rings is 1. The summed E-state index contributed by atoms with van der Waals surface area (Å²) < 4.78 is 0. The zero-order valence-electron chi connectivity index (χ0n) is 18.7. The van der Waals surface area contributed by atoms with E-state index in [1.807, 2.05) is 35.2 Å². The van der Waals surface area contributed by atoms with Gasteiger partial charge >= 0.3 is 0 Å². The first-order chi connectivity index (χ1) is 14.2. The van der Waals surface area contributed by atoms with Crippen LogP contribution in [0.3, 0.4) is 0 Å². The number of aliphatic hydroxyl groups excluding tert-OH is 1. The maximum absolute atomic E-state index is 13.4. The molecule has 1 aromatic carbocycles. The van der Waals surface area contributed by atoms with Crippen molar-refractivity contribution in [2.24, 2.45) is 11.3 Å². The van der Waals surface area contributed by atoms with Crippen molar-refractivity contribution in [1.29, 1.82) is 0 Å². The largest absolute Gasteiger partial charge is 0.390 e. The number of pyridine rings is 1. The lowest BCUT2D eigenvalue weighted by atomic mass is 9.72. The number of aromatic nitrogens is 1. The molecule has 2 N–H and O–H groups in total. The smallest absolute Gasteiger partial charge is 0.244 e. The molecule has 1 fully saturated rings.